The summed E-state index contributed by atoms with van der Waals surface area (Å²) in [5.74, 6) is -13.4. The number of hydroxylamine groups is 2. The van der Waals surface area contributed by atoms with Crippen molar-refractivity contribution in [2.24, 2.45) is 69.2 Å². The van der Waals surface area contributed by atoms with E-state index < -0.39 is 210 Å². The van der Waals surface area contributed by atoms with Crippen molar-refractivity contribution < 1.29 is 82.2 Å². The number of unbranched alkanes of at least 4 members (excludes halogenated alkanes) is 1. The minimum Gasteiger partial charge on any atom is -0.394 e. The van der Waals surface area contributed by atoms with Gasteiger partial charge in [0.2, 0.25) is 88.6 Å². The lowest BCUT2D eigenvalue weighted by Gasteiger charge is -2.33. The zero-order valence-electron chi connectivity index (χ0n) is 75.6. The van der Waals surface area contributed by atoms with Crippen LogP contribution >= 0.6 is 33.3 Å². The fourth-order valence-corrected chi connectivity index (χ4v) is 16.2. The maximum absolute atomic E-state index is 14.8. The number of aliphatic hydroxyl groups is 1. The lowest BCUT2D eigenvalue weighted by molar-refractivity contribution is -0.238. The van der Waals surface area contributed by atoms with Gasteiger partial charge < -0.3 is 108 Å². The molecule has 0 aromatic heterocycles. The number of hydrogen-bond acceptors (Lipinski definition) is 23. The highest BCUT2D eigenvalue weighted by atomic mass is 33.1. The van der Waals surface area contributed by atoms with Gasteiger partial charge in [0.25, 0.3) is 0 Å². The van der Waals surface area contributed by atoms with Crippen LogP contribution in [0.4, 0.5) is 0 Å². The highest BCUT2D eigenvalue weighted by Gasteiger charge is 2.47. The van der Waals surface area contributed by atoms with Crippen LogP contribution in [0.15, 0.2) is 47.0 Å². The Kier molecular flexibility index (Phi) is 50.5. The van der Waals surface area contributed by atoms with E-state index in [2.05, 4.69) is 79.4 Å². The molecule has 41 heteroatoms. The number of nitrogens with zero attached hydrogens (tertiary/aromatic N) is 2. The summed E-state index contributed by atoms with van der Waals surface area (Å²) in [7, 11) is 2.58. The fraction of sp³-hybridized carbons (Fsp3) is 0.711. The van der Waals surface area contributed by atoms with Crippen molar-refractivity contribution in [1.82, 2.24) is 79.5 Å². The Balaban J connectivity index is 2.41. The minimum atomic E-state index is -1.40. The third kappa shape index (κ3) is 40.6. The second-order valence-electron chi connectivity index (χ2n) is 34.6. The zero-order valence-corrected chi connectivity index (χ0v) is 78.0. The van der Waals surface area contributed by atoms with Crippen molar-refractivity contribution in [3.8, 4) is 0 Å². The highest BCUT2D eigenvalue weighted by Crippen LogP contribution is 2.41. The van der Waals surface area contributed by atoms with E-state index in [1.54, 1.807) is 92.0 Å². The van der Waals surface area contributed by atoms with Crippen molar-refractivity contribution in [2.75, 3.05) is 56.3 Å². The normalized spacial score (nSPS) is 16.4. The maximum atomic E-state index is 14.8. The number of amides is 15. The summed E-state index contributed by atoms with van der Waals surface area (Å²) in [4.78, 5) is 214. The average Bonchev–Trinajstić information content (AvgIpc) is 1.61. The van der Waals surface area contributed by atoms with Gasteiger partial charge in [-0.1, -0.05) is 148 Å². The first-order valence-electron chi connectivity index (χ1n) is 42.6. The van der Waals surface area contributed by atoms with E-state index in [0.717, 1.165) is 16.2 Å². The largest absolute Gasteiger partial charge is 0.394 e. The smallest absolute Gasteiger partial charge is 0.244 e. The Bertz CT molecular complexity index is 3720. The molecule has 0 fully saturated rings. The Morgan fingerprint density at radius 2 is 0.903 bits per heavy atom. The predicted octanol–water partition coefficient (Wildman–Crippen LogP) is -0.548. The lowest BCUT2D eigenvalue weighted by Crippen LogP contribution is -2.61. The summed E-state index contributed by atoms with van der Waals surface area (Å²) in [5, 5.41) is 61.1. The van der Waals surface area contributed by atoms with Crippen LogP contribution in [0.5, 0.6) is 0 Å². The first kappa shape index (κ1) is 111. The van der Waals surface area contributed by atoms with Gasteiger partial charge in [-0.15, -0.1) is 10.3 Å². The Morgan fingerprint density at radius 3 is 1.34 bits per heavy atom. The van der Waals surface area contributed by atoms with Crippen LogP contribution in [0.2, 0.25) is 0 Å². The van der Waals surface area contributed by atoms with E-state index in [1.165, 1.54) is 40.3 Å². The van der Waals surface area contributed by atoms with Gasteiger partial charge in [-0.3, -0.25) is 76.9 Å². The summed E-state index contributed by atoms with van der Waals surface area (Å²) in [6, 6.07) is -7.88. The van der Waals surface area contributed by atoms with Gasteiger partial charge in [0.1, 0.15) is 78.5 Å². The summed E-state index contributed by atoms with van der Waals surface area (Å²) < 4.78 is 0. The molecule has 0 saturated heterocycles. The molecule has 0 unspecified atom stereocenters. The molecule has 1 heterocycles. The van der Waals surface area contributed by atoms with Crippen molar-refractivity contribution in [3.05, 3.63) is 47.5 Å². The SMILES string of the molecule is CC[C@H](C)[C@H](NC(=O)[C@H](CCCN=C(N)N)NC(=O)[C@H](CC(C)C)NC(=O)CNC(=O)[C@H](CCSC)NC(=O)[C@H](CSSCC1=CC(C)(C)N([O])C1(C)C)NC(=O)[C@@H](N)CO)C(=O)N[C@@H](CC(C)C)C(=O)N[C@@H](CC(C)C)C(=O)N[C@@H](CC(C)C)C(=O)N[C@@H](CCCCN)C(=O)N[C@H](C(=O)N[C@@H](C)C(=O)NCC(=O)N[C@@H](Cc1ccccc1)C(N)=O)C(C)C. The molecule has 1 radical (unpaired) electrons. The predicted molar refractivity (Wildman–Crippen MR) is 481 cm³/mol. The number of aliphatic imine (C=N–C) groups is 1. The van der Waals surface area contributed by atoms with Gasteiger partial charge in [0, 0.05) is 24.5 Å². The number of aliphatic hydroxyl groups excluding tert-OH is 1. The number of hydrogen-bond donors (Lipinski definition) is 20. The summed E-state index contributed by atoms with van der Waals surface area (Å²) in [6.07, 6.45) is 5.19. The molecule has 701 valence electrons. The molecule has 0 saturated carbocycles. The molecule has 38 nitrogen and oxygen atoms in total. The molecule has 1 aliphatic rings. The molecule has 2 rings (SSSR count). The minimum absolute atomic E-state index is 0.0106. The topological polar surface area (TPSA) is 610 Å². The Hall–Kier alpha value is -8.87. The number of carbonyl (C=O) groups excluding carboxylic acids is 15. The molecule has 1 aromatic rings. The van der Waals surface area contributed by atoms with Gasteiger partial charge in [-0.05, 0) is 164 Å². The molecule has 1 aromatic carbocycles. The first-order valence-corrected chi connectivity index (χ1v) is 46.5. The van der Waals surface area contributed by atoms with Gasteiger partial charge in [0.15, 0.2) is 5.96 Å². The van der Waals surface area contributed by atoms with E-state index in [4.69, 9.17) is 28.7 Å². The molecule has 124 heavy (non-hydrogen) atoms. The zero-order chi connectivity index (χ0) is 94.1. The van der Waals surface area contributed by atoms with Crippen LogP contribution in [-0.2, 0) is 83.5 Å². The van der Waals surface area contributed by atoms with Crippen LogP contribution in [-0.4, -0.2) is 251 Å². The fourth-order valence-electron chi connectivity index (χ4n) is 13.3. The highest BCUT2D eigenvalue weighted by molar-refractivity contribution is 8.76. The standard InChI is InChI=1S/C83H144N21O17S3/c1-19-50(12)67(103-73(113)56(29-25-32-89-81(87)88)96-74(114)59(34-45(2)3)94-65(107)41-91-71(111)57(30-33-122-18)97-78(118)63(101-70(110)54(85)42-105)44-124-123-43-53-39-82(14,15)104(121)83(53,16)17)80(120)100-62(37-48(8)9)77(117)99-61(36-47(6)7)76(116)98-60(35-46(4)5)75(115)95-55(28-23-24-31-84)72(112)102-66(49(10)11)79(119)92-51(13)69(109)90-40-64(106)93-58(68(86)108)38-52-26-21-20-22-27-52/h20-22,26-27,39,45-51,54-63,66-67,105H,19,23-25,28-38,40-44,84-85H2,1-18H3,(H2,86,108)(H,90,109)(H,91,111)(H,92,119)(H,93,106)(H,94,107)(H,95,115)(H,96,114)(H,97,118)(H,98,116)(H,99,117)(H,100,120)(H,101,110)(H,102,112)(H,103,113)(H4,87,88,89)/t50-,51-,54-,55-,56-,57-,58-,59-,60-,61-,62-,63-,66-,67-/m0/s1. The third-order valence-electron chi connectivity index (χ3n) is 20.4. The quantitative estimate of drug-likeness (QED) is 0.0128. The summed E-state index contributed by atoms with van der Waals surface area (Å²) in [6.45, 7) is 28.1. The van der Waals surface area contributed by atoms with E-state index >= 15 is 0 Å². The van der Waals surface area contributed by atoms with Crippen LogP contribution in [0.25, 0.3) is 0 Å². The second-order valence-corrected chi connectivity index (χ2v) is 38.1. The van der Waals surface area contributed by atoms with Crippen molar-refractivity contribution >= 4 is 128 Å². The van der Waals surface area contributed by atoms with Crippen LogP contribution in [0, 0.1) is 35.5 Å². The average molecular weight is 1800 g/mol. The number of carbonyl (C=O) groups is 15. The number of nitrogens with two attached hydrogens (primary N) is 5. The number of benzene rings is 1. The van der Waals surface area contributed by atoms with Gasteiger partial charge in [-0.2, -0.15) is 11.8 Å². The lowest BCUT2D eigenvalue weighted by atomic mass is 9.95. The van der Waals surface area contributed by atoms with Gasteiger partial charge in [-0.25, -0.2) is 0 Å². The van der Waals surface area contributed by atoms with E-state index in [0.29, 0.717) is 30.8 Å². The number of guanidine groups is 1. The Morgan fingerprint density at radius 1 is 0.484 bits per heavy atom. The molecule has 0 spiro atoms. The van der Waals surface area contributed by atoms with E-state index in [9.17, 15) is 82.2 Å². The molecule has 1 aliphatic heterocycles. The molecule has 0 aliphatic carbocycles. The number of thioether (sulfide) groups is 1. The molecule has 15 amide bonds. The number of primary amides is 1. The molecule has 14 atom stereocenters. The molecular formula is C83H144N21O17S3. The van der Waals surface area contributed by atoms with E-state index in [1.807, 2.05) is 61.5 Å². The van der Waals surface area contributed by atoms with Crippen LogP contribution in [0.3, 0.4) is 0 Å². The summed E-state index contributed by atoms with van der Waals surface area (Å²) in [5.41, 5.74) is 28.5. The first-order chi connectivity index (χ1) is 58.0. The van der Waals surface area contributed by atoms with Crippen molar-refractivity contribution in [3.63, 3.8) is 0 Å². The number of nitrogens with one attached hydrogen (secondary N) is 14. The molecular weight excluding hydrogens is 1660 g/mol. The van der Waals surface area contributed by atoms with Gasteiger partial charge >= 0.3 is 0 Å². The Labute approximate surface area is 743 Å². The van der Waals surface area contributed by atoms with Crippen molar-refractivity contribution in [2.45, 2.75) is 284 Å². The number of rotatable bonds is 59. The maximum Gasteiger partial charge on any atom is 0.244 e. The third-order valence-corrected chi connectivity index (χ3v) is 23.4. The monoisotopic (exact) mass is 1800 g/mol. The van der Waals surface area contributed by atoms with Crippen molar-refractivity contribution in [1.29, 1.82) is 0 Å². The summed E-state index contributed by atoms with van der Waals surface area (Å²) >= 11 is 1.37. The second kappa shape index (κ2) is 56.3. The van der Waals surface area contributed by atoms with Crippen LogP contribution < -0.4 is 103 Å². The van der Waals surface area contributed by atoms with Crippen LogP contribution in [0.1, 0.15) is 194 Å². The van der Waals surface area contributed by atoms with E-state index in [-0.39, 0.29) is 106 Å². The molecule has 0 bridgehead atoms. The van der Waals surface area contributed by atoms with Gasteiger partial charge in [0.05, 0.1) is 30.8 Å². The molecule has 25 N–H and O–H groups in total.